The fraction of sp³-hybridized carbons (Fsp3) is 0.0909. The second-order valence-corrected chi connectivity index (χ2v) is 3.47. The lowest BCUT2D eigenvalue weighted by Crippen LogP contribution is -1.99. The van der Waals surface area contributed by atoms with Crippen LogP contribution >= 0.6 is 0 Å². The molecule has 2 aromatic rings. The number of hydrogen-bond donors (Lipinski definition) is 3. The Morgan fingerprint density at radius 2 is 1.71 bits per heavy atom. The number of benzene rings is 2. The zero-order chi connectivity index (χ0) is 10.3. The third-order valence-corrected chi connectivity index (χ3v) is 2.47. The quantitative estimate of drug-likeness (QED) is 0.551. The van der Waals surface area contributed by atoms with Crippen molar-refractivity contribution in [2.75, 3.05) is 17.2 Å². The lowest BCUT2D eigenvalue weighted by Gasteiger charge is -2.10. The van der Waals surface area contributed by atoms with E-state index in [9.17, 15) is 0 Å². The molecule has 0 bridgehead atoms. The summed E-state index contributed by atoms with van der Waals surface area (Å²) in [6, 6.07) is 7.62. The van der Waals surface area contributed by atoms with E-state index >= 15 is 0 Å². The fourth-order valence-electron chi connectivity index (χ4n) is 1.73. The minimum Gasteiger partial charge on any atom is -0.398 e. The number of rotatable bonds is 0. The van der Waals surface area contributed by atoms with Gasteiger partial charge in [-0.3, -0.25) is 0 Å². The van der Waals surface area contributed by atoms with Crippen molar-refractivity contribution < 1.29 is 0 Å². The number of fused-ring (bicyclic) bond motifs is 1. The van der Waals surface area contributed by atoms with Gasteiger partial charge in [-0.15, -0.1) is 0 Å². The average Bonchev–Trinajstić information content (AvgIpc) is 2.14. The first-order valence-electron chi connectivity index (χ1n) is 4.44. The molecule has 0 atom stereocenters. The van der Waals surface area contributed by atoms with Crippen LogP contribution in [0.5, 0.6) is 0 Å². The van der Waals surface area contributed by atoms with Gasteiger partial charge in [0.25, 0.3) is 0 Å². The molecule has 0 radical (unpaired) electrons. The molecule has 0 aliphatic heterocycles. The van der Waals surface area contributed by atoms with E-state index in [1.54, 1.807) is 0 Å². The van der Waals surface area contributed by atoms with Crippen LogP contribution in [-0.2, 0) is 0 Å². The molecule has 3 heteroatoms. The van der Waals surface area contributed by atoms with E-state index in [0.29, 0.717) is 17.1 Å². The summed E-state index contributed by atoms with van der Waals surface area (Å²) in [5.41, 5.74) is 20.5. The molecule has 0 fully saturated rings. The third-order valence-electron chi connectivity index (χ3n) is 2.47. The van der Waals surface area contributed by atoms with E-state index in [0.717, 1.165) is 16.3 Å². The van der Waals surface area contributed by atoms with Gasteiger partial charge in [0.15, 0.2) is 0 Å². The summed E-state index contributed by atoms with van der Waals surface area (Å²) in [6.45, 7) is 2.00. The highest BCUT2D eigenvalue weighted by Gasteiger charge is 2.07. The van der Waals surface area contributed by atoms with E-state index in [-0.39, 0.29) is 0 Å². The van der Waals surface area contributed by atoms with Crippen LogP contribution in [0.4, 0.5) is 17.1 Å². The maximum absolute atomic E-state index is 5.88. The zero-order valence-electron chi connectivity index (χ0n) is 8.04. The van der Waals surface area contributed by atoms with Crippen LogP contribution in [0, 0.1) is 6.92 Å². The Balaban J connectivity index is 3.03. The van der Waals surface area contributed by atoms with Gasteiger partial charge in [-0.05, 0) is 30.0 Å². The summed E-state index contributed by atoms with van der Waals surface area (Å²) in [5, 5.41) is 1.93. The number of aryl methyl sites for hydroxylation is 1. The topological polar surface area (TPSA) is 78.1 Å². The van der Waals surface area contributed by atoms with Gasteiger partial charge < -0.3 is 17.2 Å². The van der Waals surface area contributed by atoms with Gasteiger partial charge in [0.05, 0.1) is 11.4 Å². The summed E-state index contributed by atoms with van der Waals surface area (Å²) in [4.78, 5) is 0. The zero-order valence-corrected chi connectivity index (χ0v) is 8.04. The summed E-state index contributed by atoms with van der Waals surface area (Å²) in [7, 11) is 0. The molecule has 0 aliphatic carbocycles. The molecule has 0 unspecified atom stereocenters. The van der Waals surface area contributed by atoms with E-state index in [1.807, 2.05) is 31.2 Å². The van der Waals surface area contributed by atoms with Gasteiger partial charge in [-0.2, -0.15) is 0 Å². The Morgan fingerprint density at radius 1 is 1.00 bits per heavy atom. The first-order valence-corrected chi connectivity index (χ1v) is 4.44. The number of anilines is 3. The average molecular weight is 187 g/mol. The van der Waals surface area contributed by atoms with Gasteiger partial charge in [0.1, 0.15) is 0 Å². The molecular formula is C11H13N3. The normalized spacial score (nSPS) is 10.6. The summed E-state index contributed by atoms with van der Waals surface area (Å²) >= 11 is 0. The minimum atomic E-state index is 0.573. The van der Waals surface area contributed by atoms with E-state index in [4.69, 9.17) is 17.2 Å². The molecule has 0 amide bonds. The third kappa shape index (κ3) is 1.06. The molecular weight excluding hydrogens is 174 g/mol. The van der Waals surface area contributed by atoms with Crippen LogP contribution in [0.3, 0.4) is 0 Å². The Kier molecular flexibility index (Phi) is 1.74. The van der Waals surface area contributed by atoms with Gasteiger partial charge >= 0.3 is 0 Å². The summed E-state index contributed by atoms with van der Waals surface area (Å²) in [6.07, 6.45) is 0. The fourth-order valence-corrected chi connectivity index (χ4v) is 1.73. The standard InChI is InChI=1S/C11H13N3/c1-6-5-9(13)11(14)10-7(6)3-2-4-8(10)12/h2-5H,12-14H2,1H3. The van der Waals surface area contributed by atoms with Gasteiger partial charge in [-0.1, -0.05) is 12.1 Å². The van der Waals surface area contributed by atoms with Crippen molar-refractivity contribution in [2.45, 2.75) is 6.92 Å². The Morgan fingerprint density at radius 3 is 2.43 bits per heavy atom. The summed E-state index contributed by atoms with van der Waals surface area (Å²) < 4.78 is 0. The summed E-state index contributed by atoms with van der Waals surface area (Å²) in [5.74, 6) is 0. The number of hydrogen-bond acceptors (Lipinski definition) is 3. The predicted molar refractivity (Wildman–Crippen MR) is 61.9 cm³/mol. The predicted octanol–water partition coefficient (Wildman–Crippen LogP) is 1.89. The van der Waals surface area contributed by atoms with Gasteiger partial charge in [-0.25, -0.2) is 0 Å². The van der Waals surface area contributed by atoms with Crippen LogP contribution in [0.2, 0.25) is 0 Å². The molecule has 14 heavy (non-hydrogen) atoms. The Bertz CT molecular complexity index is 503. The van der Waals surface area contributed by atoms with E-state index < -0.39 is 0 Å². The second-order valence-electron chi connectivity index (χ2n) is 3.47. The van der Waals surface area contributed by atoms with Crippen molar-refractivity contribution >= 4 is 27.8 Å². The van der Waals surface area contributed by atoms with Gasteiger partial charge in [0.2, 0.25) is 0 Å². The lowest BCUT2D eigenvalue weighted by atomic mass is 10.0. The molecule has 6 N–H and O–H groups in total. The first-order chi connectivity index (χ1) is 6.61. The molecule has 0 saturated carbocycles. The SMILES string of the molecule is Cc1cc(N)c(N)c2c(N)cccc12. The number of nitrogen functional groups attached to an aromatic ring is 3. The van der Waals surface area contributed by atoms with Crippen molar-refractivity contribution in [1.82, 2.24) is 0 Å². The molecule has 0 aliphatic rings. The van der Waals surface area contributed by atoms with E-state index in [1.165, 1.54) is 0 Å². The molecule has 0 aromatic heterocycles. The molecule has 72 valence electrons. The highest BCUT2D eigenvalue weighted by atomic mass is 14.7. The molecule has 2 rings (SSSR count). The molecule has 0 heterocycles. The second kappa shape index (κ2) is 2.80. The first kappa shape index (κ1) is 8.69. The number of nitrogens with two attached hydrogens (primary N) is 3. The van der Waals surface area contributed by atoms with Crippen LogP contribution in [0.1, 0.15) is 5.56 Å². The Hall–Kier alpha value is -1.90. The molecule has 0 saturated heterocycles. The van der Waals surface area contributed by atoms with Crippen molar-refractivity contribution in [2.24, 2.45) is 0 Å². The maximum atomic E-state index is 5.88. The molecule has 0 spiro atoms. The van der Waals surface area contributed by atoms with Crippen LogP contribution in [-0.4, -0.2) is 0 Å². The highest BCUT2D eigenvalue weighted by Crippen LogP contribution is 2.33. The largest absolute Gasteiger partial charge is 0.398 e. The Labute approximate surface area is 82.5 Å². The minimum absolute atomic E-state index is 0.573. The van der Waals surface area contributed by atoms with Crippen LogP contribution in [0.15, 0.2) is 24.3 Å². The van der Waals surface area contributed by atoms with Gasteiger partial charge in [0, 0.05) is 11.1 Å². The van der Waals surface area contributed by atoms with Crippen molar-refractivity contribution in [3.8, 4) is 0 Å². The lowest BCUT2D eigenvalue weighted by molar-refractivity contribution is 1.53. The van der Waals surface area contributed by atoms with Crippen LogP contribution < -0.4 is 17.2 Å². The van der Waals surface area contributed by atoms with Crippen molar-refractivity contribution in [3.05, 3.63) is 29.8 Å². The smallest absolute Gasteiger partial charge is 0.0648 e. The van der Waals surface area contributed by atoms with Crippen molar-refractivity contribution in [1.29, 1.82) is 0 Å². The van der Waals surface area contributed by atoms with E-state index in [2.05, 4.69) is 0 Å². The molecule has 3 nitrogen and oxygen atoms in total. The maximum Gasteiger partial charge on any atom is 0.0648 e. The van der Waals surface area contributed by atoms with Crippen molar-refractivity contribution in [3.63, 3.8) is 0 Å². The molecule has 2 aromatic carbocycles. The highest BCUT2D eigenvalue weighted by molar-refractivity contribution is 6.07. The van der Waals surface area contributed by atoms with Crippen LogP contribution in [0.25, 0.3) is 10.8 Å². The monoisotopic (exact) mass is 187 g/mol.